The number of nitrogens with zero attached hydrogens (tertiary/aromatic N) is 2. The van der Waals surface area contributed by atoms with Crippen molar-refractivity contribution in [3.05, 3.63) is 47.7 Å². The Labute approximate surface area is 157 Å². The predicted molar refractivity (Wildman–Crippen MR) is 101 cm³/mol. The van der Waals surface area contributed by atoms with E-state index in [1.165, 1.54) is 12.8 Å². The molecule has 3 saturated heterocycles. The van der Waals surface area contributed by atoms with Gasteiger partial charge >= 0.3 is 0 Å². The van der Waals surface area contributed by atoms with E-state index in [0.29, 0.717) is 23.2 Å². The molecule has 2 N–H and O–H groups in total. The lowest BCUT2D eigenvalue weighted by atomic mass is 9.79. The fraction of sp³-hybridized carbons (Fsp3) is 0.400. The summed E-state index contributed by atoms with van der Waals surface area (Å²) in [5, 5.41) is 13.1. The van der Waals surface area contributed by atoms with E-state index in [2.05, 4.69) is 28.2 Å². The number of H-pyrrole nitrogens is 1. The fourth-order valence-electron chi connectivity index (χ4n) is 4.08. The van der Waals surface area contributed by atoms with E-state index in [1.54, 1.807) is 17.8 Å². The molecule has 2 bridgehead atoms. The second kappa shape index (κ2) is 7.18. The van der Waals surface area contributed by atoms with Crippen LogP contribution in [-0.2, 0) is 0 Å². The first kappa shape index (κ1) is 17.2. The van der Waals surface area contributed by atoms with Gasteiger partial charge in [-0.15, -0.1) is 0 Å². The van der Waals surface area contributed by atoms with E-state index < -0.39 is 0 Å². The van der Waals surface area contributed by atoms with Crippen LogP contribution in [0.4, 0.5) is 0 Å². The first-order chi connectivity index (χ1) is 12.6. The third kappa shape index (κ3) is 3.37. The number of hydrogen-bond acceptors (Lipinski definition) is 4. The zero-order chi connectivity index (χ0) is 18.1. The molecule has 0 radical (unpaired) electrons. The van der Waals surface area contributed by atoms with Crippen molar-refractivity contribution in [1.29, 1.82) is 5.26 Å². The Balaban J connectivity index is 1.40. The van der Waals surface area contributed by atoms with Crippen LogP contribution in [0.5, 0.6) is 0 Å². The Morgan fingerprint density at radius 3 is 2.58 bits per heavy atom. The SMILES string of the molecule is C[C@H]1[C@H](NC(=O)c2ccc(Sc3ccc(C#N)[nH]3)cc2)C2CCN1CC2. The van der Waals surface area contributed by atoms with E-state index in [9.17, 15) is 4.79 Å². The zero-order valence-electron chi connectivity index (χ0n) is 14.7. The Bertz CT molecular complexity index is 828. The molecule has 0 saturated carbocycles. The van der Waals surface area contributed by atoms with Crippen molar-refractivity contribution in [2.75, 3.05) is 13.1 Å². The molecule has 1 amide bonds. The van der Waals surface area contributed by atoms with Gasteiger partial charge in [0.05, 0.1) is 5.03 Å². The molecule has 2 aromatic rings. The van der Waals surface area contributed by atoms with Crippen LogP contribution in [0.15, 0.2) is 46.3 Å². The smallest absolute Gasteiger partial charge is 0.251 e. The highest BCUT2D eigenvalue weighted by atomic mass is 32.2. The van der Waals surface area contributed by atoms with Crippen molar-refractivity contribution >= 4 is 17.7 Å². The predicted octanol–water partition coefficient (Wildman–Crippen LogP) is 3.25. The fourth-order valence-corrected chi connectivity index (χ4v) is 4.90. The highest BCUT2D eigenvalue weighted by molar-refractivity contribution is 7.99. The normalized spacial score (nSPS) is 27.1. The van der Waals surface area contributed by atoms with Crippen LogP contribution < -0.4 is 5.32 Å². The van der Waals surface area contributed by atoms with Crippen molar-refractivity contribution in [3.8, 4) is 6.07 Å². The molecule has 0 aliphatic carbocycles. The number of aromatic amines is 1. The Hall–Kier alpha value is -2.23. The molecule has 0 spiro atoms. The van der Waals surface area contributed by atoms with Gasteiger partial charge in [0.25, 0.3) is 5.91 Å². The summed E-state index contributed by atoms with van der Waals surface area (Å²) in [6, 6.07) is 14.1. The lowest BCUT2D eigenvalue weighted by molar-refractivity contribution is 0.0217. The van der Waals surface area contributed by atoms with E-state index >= 15 is 0 Å². The van der Waals surface area contributed by atoms with Gasteiger partial charge in [-0.05, 0) is 75.2 Å². The molecule has 1 aromatic carbocycles. The van der Waals surface area contributed by atoms with E-state index in [0.717, 1.165) is 23.0 Å². The van der Waals surface area contributed by atoms with Gasteiger partial charge in [0.2, 0.25) is 0 Å². The van der Waals surface area contributed by atoms with Gasteiger partial charge in [0.1, 0.15) is 11.8 Å². The summed E-state index contributed by atoms with van der Waals surface area (Å²) in [5.41, 5.74) is 1.25. The molecule has 1 aromatic heterocycles. The van der Waals surface area contributed by atoms with Crippen molar-refractivity contribution < 1.29 is 4.79 Å². The summed E-state index contributed by atoms with van der Waals surface area (Å²) in [4.78, 5) is 19.2. The van der Waals surface area contributed by atoms with Crippen molar-refractivity contribution in [2.45, 2.75) is 41.8 Å². The van der Waals surface area contributed by atoms with E-state index in [-0.39, 0.29) is 11.9 Å². The lowest BCUT2D eigenvalue weighted by Crippen LogP contribution is -2.62. The molecular weight excluding hydrogens is 344 g/mol. The van der Waals surface area contributed by atoms with Crippen LogP contribution in [0.3, 0.4) is 0 Å². The molecule has 5 rings (SSSR count). The highest BCUT2D eigenvalue weighted by Gasteiger charge is 2.40. The number of nitriles is 1. The summed E-state index contributed by atoms with van der Waals surface area (Å²) in [6.45, 7) is 4.55. The number of carbonyl (C=O) groups is 1. The monoisotopic (exact) mass is 366 g/mol. The van der Waals surface area contributed by atoms with Crippen LogP contribution in [0.2, 0.25) is 0 Å². The molecule has 5 nitrogen and oxygen atoms in total. The number of nitrogens with one attached hydrogen (secondary N) is 2. The summed E-state index contributed by atoms with van der Waals surface area (Å²) >= 11 is 1.55. The van der Waals surface area contributed by atoms with E-state index in [1.807, 2.05) is 30.3 Å². The Morgan fingerprint density at radius 2 is 1.96 bits per heavy atom. The molecule has 0 unspecified atom stereocenters. The second-order valence-electron chi connectivity index (χ2n) is 7.09. The maximum Gasteiger partial charge on any atom is 0.251 e. The van der Waals surface area contributed by atoms with Crippen LogP contribution >= 0.6 is 11.8 Å². The number of rotatable bonds is 4. The first-order valence-electron chi connectivity index (χ1n) is 9.06. The minimum atomic E-state index is 0.0128. The third-order valence-corrected chi connectivity index (χ3v) is 6.57. The van der Waals surface area contributed by atoms with Gasteiger partial charge in [-0.25, -0.2) is 0 Å². The number of benzene rings is 1. The average Bonchev–Trinajstić information content (AvgIpc) is 3.13. The summed E-state index contributed by atoms with van der Waals surface area (Å²) in [5.74, 6) is 0.620. The third-order valence-electron chi connectivity index (χ3n) is 5.60. The average molecular weight is 366 g/mol. The second-order valence-corrected chi connectivity index (χ2v) is 8.20. The molecular formula is C20H22N4OS. The van der Waals surface area contributed by atoms with Crippen LogP contribution in [0, 0.1) is 17.2 Å². The molecule has 134 valence electrons. The molecule has 3 fully saturated rings. The maximum atomic E-state index is 12.7. The van der Waals surface area contributed by atoms with Gasteiger partial charge < -0.3 is 10.3 Å². The molecule has 3 aliphatic heterocycles. The Morgan fingerprint density at radius 1 is 1.23 bits per heavy atom. The van der Waals surface area contributed by atoms with Gasteiger partial charge in [0.15, 0.2) is 0 Å². The number of hydrogen-bond donors (Lipinski definition) is 2. The number of fused-ring (bicyclic) bond motifs is 3. The topological polar surface area (TPSA) is 71.9 Å². The number of aromatic nitrogens is 1. The quantitative estimate of drug-likeness (QED) is 0.871. The van der Waals surface area contributed by atoms with E-state index in [4.69, 9.17) is 5.26 Å². The molecule has 26 heavy (non-hydrogen) atoms. The van der Waals surface area contributed by atoms with Gasteiger partial charge in [0, 0.05) is 22.5 Å². The van der Waals surface area contributed by atoms with Crippen molar-refractivity contribution in [3.63, 3.8) is 0 Å². The molecule has 4 heterocycles. The highest BCUT2D eigenvalue weighted by Crippen LogP contribution is 2.32. The molecule has 2 atom stereocenters. The largest absolute Gasteiger partial charge is 0.347 e. The van der Waals surface area contributed by atoms with Crippen LogP contribution in [0.25, 0.3) is 0 Å². The van der Waals surface area contributed by atoms with Crippen LogP contribution in [-0.4, -0.2) is 41.0 Å². The van der Waals surface area contributed by atoms with Gasteiger partial charge in [-0.3, -0.25) is 9.69 Å². The summed E-state index contributed by atoms with van der Waals surface area (Å²) < 4.78 is 0. The maximum absolute atomic E-state index is 12.7. The Kier molecular flexibility index (Phi) is 4.75. The molecule has 3 aliphatic rings. The molecule has 6 heteroatoms. The zero-order valence-corrected chi connectivity index (χ0v) is 15.6. The van der Waals surface area contributed by atoms with Crippen molar-refractivity contribution in [1.82, 2.24) is 15.2 Å². The van der Waals surface area contributed by atoms with Crippen molar-refractivity contribution in [2.24, 2.45) is 5.92 Å². The minimum absolute atomic E-state index is 0.0128. The van der Waals surface area contributed by atoms with Crippen LogP contribution in [0.1, 0.15) is 35.8 Å². The summed E-state index contributed by atoms with van der Waals surface area (Å²) in [7, 11) is 0. The first-order valence-corrected chi connectivity index (χ1v) is 9.87. The van der Waals surface area contributed by atoms with Gasteiger partial charge in [-0.1, -0.05) is 11.8 Å². The summed E-state index contributed by atoms with van der Waals surface area (Å²) in [6.07, 6.45) is 2.37. The number of amides is 1. The number of piperidine rings is 3. The number of carbonyl (C=O) groups excluding carboxylic acids is 1. The van der Waals surface area contributed by atoms with Gasteiger partial charge in [-0.2, -0.15) is 5.26 Å². The standard InChI is InChI=1S/C20H22N4OS/c1-13-19(14-8-10-24(13)11-9-14)23-20(25)15-2-5-17(6-3-15)26-18-7-4-16(12-21)22-18/h2-7,13-14,19,22H,8-11H2,1H3,(H,23,25)/t13-,19-/m0/s1. The minimum Gasteiger partial charge on any atom is -0.347 e. The lowest BCUT2D eigenvalue weighted by Gasteiger charge is -2.49.